The van der Waals surface area contributed by atoms with Gasteiger partial charge in [-0.2, -0.15) is 0 Å². The van der Waals surface area contributed by atoms with Crippen LogP contribution in [-0.2, 0) is 22.7 Å². The van der Waals surface area contributed by atoms with Crippen molar-refractivity contribution in [3.8, 4) is 44.5 Å². The Morgan fingerprint density at radius 2 is 1.34 bits per heavy atom. The largest absolute Gasteiger partial charge is 0.455 e. The second kappa shape index (κ2) is 13.5. The molecule has 0 fully saturated rings. The second-order valence-electron chi connectivity index (χ2n) is 21.9. The standard InChI is InChI=1S/C66H52OS/c1-37-16-15-19-40(32-37)42(29-26-38-27-30-44-50(33-38)64(2,3)52-35-48(39-17-7-6-8-18-39)62-57(55(44)52)46-21-10-13-24-53(46)67-62)41-28-31-45-51(34-41)66(5)36-65(4)49-23-12-9-20-43(49)59-61(65)60(66)56(45)58-47-22-11-14-25-54(47)68-63(58)59/h6-15,17-25,27-28,30-35,37,42H,16,26,29,36H2,1-5H3. The predicted octanol–water partition coefficient (Wildman–Crippen LogP) is 18.1. The highest BCUT2D eigenvalue weighted by Gasteiger charge is 2.59. The molecule has 0 N–H and O–H groups in total. The number of aryl methyl sites for hydroxylation is 1. The molecule has 1 nitrogen and oxygen atoms in total. The summed E-state index contributed by atoms with van der Waals surface area (Å²) >= 11 is 2.01. The van der Waals surface area contributed by atoms with Crippen LogP contribution in [0.15, 0.2) is 174 Å². The van der Waals surface area contributed by atoms with Gasteiger partial charge in [-0.15, -0.1) is 11.3 Å². The molecule has 2 aromatic heterocycles. The molecule has 0 radical (unpaired) electrons. The molecule has 0 amide bonds. The SMILES string of the molecule is CC1C=C(C(CCc2ccc3c(c2)C(C)(C)c2cc(-c4ccccc4)c4oc5ccccc5c4c2-3)c2ccc3c(c2)C2(C)CC4(C)c5ccccc5-c5c4c2c-3c2c5sc3ccccc32)C=CC1. The van der Waals surface area contributed by atoms with Crippen LogP contribution < -0.4 is 0 Å². The molecule has 0 saturated carbocycles. The van der Waals surface area contributed by atoms with Gasteiger partial charge in [-0.3, -0.25) is 0 Å². The van der Waals surface area contributed by atoms with E-state index in [0.717, 1.165) is 36.8 Å². The van der Waals surface area contributed by atoms with Crippen LogP contribution in [0, 0.1) is 5.92 Å². The first-order valence-electron chi connectivity index (χ1n) is 24.9. The van der Waals surface area contributed by atoms with Crippen molar-refractivity contribution in [2.45, 2.75) is 82.5 Å². The lowest BCUT2D eigenvalue weighted by Crippen LogP contribution is -2.24. The molecule has 0 saturated heterocycles. The quantitative estimate of drug-likeness (QED) is 0.162. The van der Waals surface area contributed by atoms with E-state index in [2.05, 4.69) is 198 Å². The zero-order valence-corrected chi connectivity index (χ0v) is 40.2. The Morgan fingerprint density at radius 3 is 2.21 bits per heavy atom. The summed E-state index contributed by atoms with van der Waals surface area (Å²) in [5.74, 6) is 0.813. The monoisotopic (exact) mass is 892 g/mol. The Hall–Kier alpha value is -6.74. The molecule has 0 aliphatic heterocycles. The summed E-state index contributed by atoms with van der Waals surface area (Å²) in [5, 5.41) is 5.31. The summed E-state index contributed by atoms with van der Waals surface area (Å²) in [6.07, 6.45) is 11.7. The zero-order valence-electron chi connectivity index (χ0n) is 39.4. The number of fused-ring (bicyclic) bond motifs is 18. The lowest BCUT2D eigenvalue weighted by Gasteiger charge is -2.30. The van der Waals surface area contributed by atoms with Crippen molar-refractivity contribution in [1.29, 1.82) is 0 Å². The van der Waals surface area contributed by atoms with Crippen molar-refractivity contribution in [3.05, 3.63) is 214 Å². The lowest BCUT2D eigenvalue weighted by atomic mass is 9.72. The van der Waals surface area contributed by atoms with Gasteiger partial charge in [0.25, 0.3) is 0 Å². The topological polar surface area (TPSA) is 13.1 Å². The molecule has 4 atom stereocenters. The normalized spacial score (nSPS) is 21.4. The number of para-hydroxylation sites is 1. The summed E-state index contributed by atoms with van der Waals surface area (Å²) in [6.45, 7) is 12.4. The molecule has 328 valence electrons. The van der Waals surface area contributed by atoms with Crippen LogP contribution in [0.5, 0.6) is 0 Å². The van der Waals surface area contributed by atoms with E-state index >= 15 is 0 Å². The van der Waals surface area contributed by atoms with Crippen LogP contribution in [-0.4, -0.2) is 0 Å². The third-order valence-electron chi connectivity index (χ3n) is 17.6. The Balaban J connectivity index is 0.853. The Labute approximate surface area is 402 Å². The third-order valence-corrected chi connectivity index (χ3v) is 18.8. The van der Waals surface area contributed by atoms with Gasteiger partial charge < -0.3 is 4.42 Å². The second-order valence-corrected chi connectivity index (χ2v) is 22.9. The van der Waals surface area contributed by atoms with Gasteiger partial charge in [-0.25, -0.2) is 0 Å². The number of thiophene rings is 1. The number of hydrogen-bond acceptors (Lipinski definition) is 2. The van der Waals surface area contributed by atoms with E-state index in [4.69, 9.17) is 4.42 Å². The molecule has 8 aromatic carbocycles. The third kappa shape index (κ3) is 4.97. The molecule has 10 aromatic rings. The van der Waals surface area contributed by atoms with Crippen molar-refractivity contribution in [2.75, 3.05) is 0 Å². The van der Waals surface area contributed by atoms with Gasteiger partial charge in [0.2, 0.25) is 0 Å². The summed E-state index contributed by atoms with van der Waals surface area (Å²) < 4.78 is 9.63. The highest BCUT2D eigenvalue weighted by atomic mass is 32.1. The number of rotatable bonds is 6. The van der Waals surface area contributed by atoms with Crippen LogP contribution in [0.25, 0.3) is 86.6 Å². The Morgan fingerprint density at radius 1 is 0.618 bits per heavy atom. The Kier molecular flexibility index (Phi) is 7.79. The first-order valence-corrected chi connectivity index (χ1v) is 25.8. The van der Waals surface area contributed by atoms with Crippen molar-refractivity contribution >= 4 is 53.4 Å². The fourth-order valence-electron chi connectivity index (χ4n) is 14.6. The van der Waals surface area contributed by atoms with Gasteiger partial charge >= 0.3 is 0 Å². The van der Waals surface area contributed by atoms with E-state index in [1.165, 1.54) is 114 Å². The van der Waals surface area contributed by atoms with Crippen LogP contribution in [0.2, 0.25) is 0 Å². The molecule has 15 rings (SSSR count). The fourth-order valence-corrected chi connectivity index (χ4v) is 15.9. The summed E-state index contributed by atoms with van der Waals surface area (Å²) in [7, 11) is 0. The van der Waals surface area contributed by atoms with E-state index in [-0.39, 0.29) is 22.2 Å². The molecular formula is C66H52OS. The van der Waals surface area contributed by atoms with E-state index in [1.54, 1.807) is 11.1 Å². The van der Waals surface area contributed by atoms with E-state index in [0.29, 0.717) is 5.92 Å². The molecule has 5 aliphatic rings. The van der Waals surface area contributed by atoms with E-state index < -0.39 is 0 Å². The minimum absolute atomic E-state index is 0.0209. The summed E-state index contributed by atoms with van der Waals surface area (Å²) in [6, 6.07) is 55.5. The van der Waals surface area contributed by atoms with Crippen molar-refractivity contribution in [1.82, 2.24) is 0 Å². The van der Waals surface area contributed by atoms with Crippen LogP contribution >= 0.6 is 11.3 Å². The van der Waals surface area contributed by atoms with Crippen LogP contribution in [0.1, 0.15) is 104 Å². The fraction of sp³-hybridized carbons (Fsp3) is 0.212. The van der Waals surface area contributed by atoms with Gasteiger partial charge in [0.05, 0.1) is 0 Å². The highest BCUT2D eigenvalue weighted by molar-refractivity contribution is 7.26. The molecule has 5 aliphatic carbocycles. The van der Waals surface area contributed by atoms with Gasteiger partial charge in [0.1, 0.15) is 11.2 Å². The lowest BCUT2D eigenvalue weighted by molar-refractivity contribution is 0.460. The smallest absolute Gasteiger partial charge is 0.143 e. The molecular weight excluding hydrogens is 841 g/mol. The molecule has 4 unspecified atom stereocenters. The first kappa shape index (κ1) is 39.3. The minimum atomic E-state index is -0.179. The molecule has 2 heterocycles. The van der Waals surface area contributed by atoms with Crippen LogP contribution in [0.3, 0.4) is 0 Å². The number of allylic oxidation sites excluding steroid dienone is 4. The van der Waals surface area contributed by atoms with Gasteiger partial charge in [0, 0.05) is 64.2 Å². The number of furan rings is 1. The zero-order chi connectivity index (χ0) is 45.4. The number of benzene rings is 8. The van der Waals surface area contributed by atoms with Crippen LogP contribution in [0.4, 0.5) is 0 Å². The first-order chi connectivity index (χ1) is 33.1. The molecule has 2 heteroatoms. The average molecular weight is 893 g/mol. The molecule has 0 spiro atoms. The van der Waals surface area contributed by atoms with Gasteiger partial charge in [0.15, 0.2) is 0 Å². The maximum Gasteiger partial charge on any atom is 0.143 e. The van der Waals surface area contributed by atoms with Gasteiger partial charge in [-0.05, 0) is 133 Å². The maximum atomic E-state index is 6.77. The molecule has 0 bridgehead atoms. The van der Waals surface area contributed by atoms with Crippen molar-refractivity contribution in [3.63, 3.8) is 0 Å². The van der Waals surface area contributed by atoms with E-state index in [1.807, 2.05) is 11.3 Å². The highest BCUT2D eigenvalue weighted by Crippen LogP contribution is 2.71. The Bertz CT molecular complexity index is 3940. The predicted molar refractivity (Wildman–Crippen MR) is 287 cm³/mol. The van der Waals surface area contributed by atoms with Gasteiger partial charge in [-0.1, -0.05) is 180 Å². The number of hydrogen-bond donors (Lipinski definition) is 0. The molecule has 68 heavy (non-hydrogen) atoms. The average Bonchev–Trinajstić information content (AvgIpc) is 4.15. The minimum Gasteiger partial charge on any atom is -0.455 e. The summed E-state index contributed by atoms with van der Waals surface area (Å²) in [4.78, 5) is 0. The van der Waals surface area contributed by atoms with E-state index in [9.17, 15) is 0 Å². The van der Waals surface area contributed by atoms with Crippen molar-refractivity contribution < 1.29 is 4.42 Å². The van der Waals surface area contributed by atoms with Crippen molar-refractivity contribution in [2.24, 2.45) is 5.92 Å². The maximum absolute atomic E-state index is 6.77. The summed E-state index contributed by atoms with van der Waals surface area (Å²) in [5.41, 5.74) is 26.0.